The molecule has 2 saturated heterocycles. The minimum absolute atomic E-state index is 0.0699. The Bertz CT molecular complexity index is 2450. The second-order valence-corrected chi connectivity index (χ2v) is 16.4. The predicted octanol–water partition coefficient (Wildman–Crippen LogP) is 8.33. The summed E-state index contributed by atoms with van der Waals surface area (Å²) in [4.78, 5) is 68.9. The molecule has 4 heterocycles. The van der Waals surface area contributed by atoms with Gasteiger partial charge in [0.1, 0.15) is 11.9 Å². The van der Waals surface area contributed by atoms with Gasteiger partial charge in [-0.1, -0.05) is 84.9 Å². The summed E-state index contributed by atoms with van der Waals surface area (Å²) in [5.74, 6) is 0.187. The molecule has 0 aliphatic carbocycles. The van der Waals surface area contributed by atoms with Crippen molar-refractivity contribution in [3.05, 3.63) is 132 Å². The minimum atomic E-state index is -1.20. The van der Waals surface area contributed by atoms with Gasteiger partial charge in [-0.25, -0.2) is 9.78 Å². The van der Waals surface area contributed by atoms with Crippen LogP contribution in [0, 0.1) is 0 Å². The molecule has 4 aromatic carbocycles. The van der Waals surface area contributed by atoms with Crippen molar-refractivity contribution >= 4 is 40.4 Å². The van der Waals surface area contributed by atoms with Crippen molar-refractivity contribution in [2.45, 2.75) is 76.6 Å². The highest BCUT2D eigenvalue weighted by Crippen LogP contribution is 2.34. The number of fused-ring (bicyclic) bond motifs is 1. The van der Waals surface area contributed by atoms with Crippen molar-refractivity contribution in [2.75, 3.05) is 18.4 Å². The van der Waals surface area contributed by atoms with Crippen molar-refractivity contribution in [1.82, 2.24) is 30.1 Å². The molecule has 0 unspecified atom stereocenters. The minimum Gasteiger partial charge on any atom is -0.431 e. The Morgan fingerprint density at radius 2 is 1.47 bits per heavy atom. The fourth-order valence-electron chi connectivity index (χ4n) is 8.08. The van der Waals surface area contributed by atoms with E-state index in [2.05, 4.69) is 44.9 Å². The molecule has 0 bridgehead atoms. The van der Waals surface area contributed by atoms with Crippen molar-refractivity contribution in [2.24, 2.45) is 0 Å². The van der Waals surface area contributed by atoms with E-state index >= 15 is 0 Å². The van der Waals surface area contributed by atoms with Crippen molar-refractivity contribution in [1.29, 1.82) is 0 Å². The topological polar surface area (TPSA) is 153 Å². The second kappa shape index (κ2) is 16.7. The van der Waals surface area contributed by atoms with Crippen molar-refractivity contribution in [3.63, 3.8) is 0 Å². The third kappa shape index (κ3) is 8.91. The number of nitrogens with zero attached hydrogens (tertiary/aromatic N) is 3. The van der Waals surface area contributed by atoms with Crippen LogP contribution < -0.4 is 10.6 Å². The zero-order valence-corrected chi connectivity index (χ0v) is 33.5. The van der Waals surface area contributed by atoms with E-state index in [0.29, 0.717) is 37.1 Å². The number of benzene rings is 4. The number of imidazole rings is 1. The fourth-order valence-corrected chi connectivity index (χ4v) is 8.08. The molecule has 2 aliphatic heterocycles. The van der Waals surface area contributed by atoms with Crippen LogP contribution in [0.5, 0.6) is 0 Å². The first kappa shape index (κ1) is 39.2. The first-order valence-corrected chi connectivity index (χ1v) is 20.3. The lowest BCUT2D eigenvalue weighted by Gasteiger charge is -2.29. The van der Waals surface area contributed by atoms with Gasteiger partial charge in [-0.2, -0.15) is 0 Å². The summed E-state index contributed by atoms with van der Waals surface area (Å²) in [7, 11) is 0. The summed E-state index contributed by atoms with van der Waals surface area (Å²) in [6.07, 6.45) is 3.28. The summed E-state index contributed by atoms with van der Waals surface area (Å²) in [5.41, 5.74) is 6.32. The van der Waals surface area contributed by atoms with Gasteiger partial charge in [-0.3, -0.25) is 14.4 Å². The van der Waals surface area contributed by atoms with Crippen molar-refractivity contribution < 1.29 is 23.9 Å². The van der Waals surface area contributed by atoms with Crippen LogP contribution in [-0.2, 0) is 25.5 Å². The van der Waals surface area contributed by atoms with E-state index in [1.54, 1.807) is 24.3 Å². The SMILES string of the molecule is CC(C)(C)NC(=O)O[C@@H](C(=O)N1CCC[C@H]1C(=O)Nc1ccc2[nH]c(-c3ccc(-c4cnc([C@@H]5CCCN5C(=O)Cc5ccccc5)[nH]4)cc3)cc2c1)c1ccccc1. The lowest BCUT2D eigenvalue weighted by atomic mass is 10.1. The number of carbonyl (C=O) groups is 4. The molecule has 59 heavy (non-hydrogen) atoms. The van der Waals surface area contributed by atoms with Crippen LogP contribution in [0.3, 0.4) is 0 Å². The summed E-state index contributed by atoms with van der Waals surface area (Å²) in [6.45, 7) is 6.60. The average Bonchev–Trinajstić information content (AvgIpc) is 4.06. The van der Waals surface area contributed by atoms with Crippen molar-refractivity contribution in [3.8, 4) is 22.5 Å². The molecule has 3 atom stereocenters. The fraction of sp³-hybridized carbons (Fsp3) is 0.298. The first-order valence-electron chi connectivity index (χ1n) is 20.3. The number of alkyl carbamates (subject to hydrolysis) is 1. The zero-order chi connectivity index (χ0) is 41.1. The molecule has 4 N–H and O–H groups in total. The first-order chi connectivity index (χ1) is 28.5. The van der Waals surface area contributed by atoms with Crippen LogP contribution in [0.2, 0.25) is 0 Å². The van der Waals surface area contributed by atoms with Crippen LogP contribution in [0.4, 0.5) is 10.5 Å². The van der Waals surface area contributed by atoms with Gasteiger partial charge in [-0.15, -0.1) is 0 Å². The third-order valence-corrected chi connectivity index (χ3v) is 10.9. The number of aromatic nitrogens is 3. The molecule has 0 saturated carbocycles. The Hall–Kier alpha value is -6.69. The molecule has 12 heteroatoms. The quantitative estimate of drug-likeness (QED) is 0.110. The highest BCUT2D eigenvalue weighted by atomic mass is 16.6. The number of hydrogen-bond acceptors (Lipinski definition) is 6. The van der Waals surface area contributed by atoms with E-state index < -0.39 is 29.7 Å². The number of aromatic amines is 2. The summed E-state index contributed by atoms with van der Waals surface area (Å²) in [6, 6.07) is 33.9. The lowest BCUT2D eigenvalue weighted by molar-refractivity contribution is -0.144. The second-order valence-electron chi connectivity index (χ2n) is 16.4. The third-order valence-electron chi connectivity index (χ3n) is 10.9. The number of nitrogens with one attached hydrogen (secondary N) is 4. The molecule has 4 amide bonds. The number of ether oxygens (including phenoxy) is 1. The van der Waals surface area contributed by atoms with Gasteiger partial charge in [0.05, 0.1) is 24.4 Å². The number of carbonyl (C=O) groups excluding carboxylic acids is 4. The summed E-state index contributed by atoms with van der Waals surface area (Å²) >= 11 is 0. The number of anilines is 1. The molecule has 2 aliphatic rings. The molecule has 2 aromatic heterocycles. The molecule has 2 fully saturated rings. The molecule has 302 valence electrons. The smallest absolute Gasteiger partial charge is 0.408 e. The predicted molar refractivity (Wildman–Crippen MR) is 227 cm³/mol. The Labute approximate surface area is 343 Å². The maximum Gasteiger partial charge on any atom is 0.408 e. The highest BCUT2D eigenvalue weighted by Gasteiger charge is 2.40. The van der Waals surface area contributed by atoms with Gasteiger partial charge in [0, 0.05) is 46.5 Å². The highest BCUT2D eigenvalue weighted by molar-refractivity contribution is 6.00. The summed E-state index contributed by atoms with van der Waals surface area (Å²) in [5, 5.41) is 6.71. The van der Waals surface area contributed by atoms with Gasteiger partial charge in [0.15, 0.2) is 0 Å². The number of H-pyrrole nitrogens is 2. The van der Waals surface area contributed by atoms with Gasteiger partial charge >= 0.3 is 6.09 Å². The number of rotatable bonds is 10. The maximum absolute atomic E-state index is 14.0. The molecule has 12 nitrogen and oxygen atoms in total. The monoisotopic (exact) mass is 791 g/mol. The number of likely N-dealkylation sites (tertiary alicyclic amines) is 2. The number of amides is 4. The molecule has 0 spiro atoms. The van der Waals surface area contributed by atoms with E-state index in [1.807, 2.05) is 92.5 Å². The van der Waals surface area contributed by atoms with Crippen LogP contribution in [0.1, 0.15) is 75.6 Å². The van der Waals surface area contributed by atoms with Crippen LogP contribution >= 0.6 is 0 Å². The maximum atomic E-state index is 14.0. The standard InChI is InChI=1S/C47H49N7O5/c1-47(2,3)52-46(58)59-42(33-14-8-5-9-15-33)45(57)54-25-11-17-40(54)44(56)49-35-22-23-36-34(27-35)28-37(50-36)31-18-20-32(21-19-31)38-29-48-43(51-38)39-16-10-24-53(39)41(55)26-30-12-6-4-7-13-30/h4-9,12-15,18-23,27-29,39-40,42,50H,10-11,16-17,24-26H2,1-3H3,(H,48,51)(H,49,56)(H,52,58)/t39-,40-,42+/m0/s1. The Kier molecular flexibility index (Phi) is 11.1. The van der Waals surface area contributed by atoms with Crippen LogP contribution in [0.15, 0.2) is 115 Å². The van der Waals surface area contributed by atoms with Gasteiger partial charge in [-0.05, 0) is 87.4 Å². The molecule has 8 rings (SSSR count). The molecule has 0 radical (unpaired) electrons. The van der Waals surface area contributed by atoms with E-state index in [9.17, 15) is 19.2 Å². The van der Waals surface area contributed by atoms with Gasteiger partial charge in [0.2, 0.25) is 17.9 Å². The van der Waals surface area contributed by atoms with E-state index in [-0.39, 0.29) is 17.9 Å². The molecule has 6 aromatic rings. The Morgan fingerprint density at radius 3 is 2.20 bits per heavy atom. The van der Waals surface area contributed by atoms with E-state index in [4.69, 9.17) is 9.72 Å². The normalized spacial score (nSPS) is 17.2. The molecular formula is C47H49N7O5. The largest absolute Gasteiger partial charge is 0.431 e. The Balaban J connectivity index is 0.921. The van der Waals surface area contributed by atoms with E-state index in [0.717, 1.165) is 64.2 Å². The zero-order valence-electron chi connectivity index (χ0n) is 33.5. The lowest BCUT2D eigenvalue weighted by Crippen LogP contribution is -2.47. The van der Waals surface area contributed by atoms with Crippen LogP contribution in [0.25, 0.3) is 33.4 Å². The Morgan fingerprint density at radius 1 is 0.797 bits per heavy atom. The van der Waals surface area contributed by atoms with Gasteiger partial charge < -0.3 is 35.1 Å². The van der Waals surface area contributed by atoms with E-state index in [1.165, 1.54) is 4.90 Å². The average molecular weight is 792 g/mol. The number of hydrogen-bond donors (Lipinski definition) is 4. The summed E-state index contributed by atoms with van der Waals surface area (Å²) < 4.78 is 5.70. The molecular weight excluding hydrogens is 743 g/mol. The van der Waals surface area contributed by atoms with Gasteiger partial charge in [0.25, 0.3) is 5.91 Å². The van der Waals surface area contributed by atoms with Crippen LogP contribution in [-0.4, -0.2) is 73.2 Å².